The van der Waals surface area contributed by atoms with Crippen LogP contribution in [0, 0.1) is 0 Å². The molecule has 7 nitrogen and oxygen atoms in total. The van der Waals surface area contributed by atoms with Crippen molar-refractivity contribution in [3.05, 3.63) is 53.3 Å². The van der Waals surface area contributed by atoms with Crippen LogP contribution in [0.4, 0.5) is 5.69 Å². The van der Waals surface area contributed by atoms with E-state index in [0.29, 0.717) is 5.69 Å². The Hall–Kier alpha value is -2.45. The normalized spacial score (nSPS) is 10.9. The summed E-state index contributed by atoms with van der Waals surface area (Å²) in [7, 11) is -3.30. The lowest BCUT2D eigenvalue weighted by Gasteiger charge is -2.07. The van der Waals surface area contributed by atoms with Crippen LogP contribution in [-0.4, -0.2) is 38.1 Å². The lowest BCUT2D eigenvalue weighted by molar-refractivity contribution is -0.119. The zero-order valence-corrected chi connectivity index (χ0v) is 14.1. The number of rotatable bonds is 5. The molecule has 0 saturated heterocycles. The average Bonchev–Trinajstić information content (AvgIpc) is 2.53. The zero-order valence-electron chi connectivity index (χ0n) is 12.5. The van der Waals surface area contributed by atoms with Crippen molar-refractivity contribution < 1.29 is 22.7 Å². The van der Waals surface area contributed by atoms with Gasteiger partial charge in [0.2, 0.25) is 0 Å². The van der Waals surface area contributed by atoms with E-state index in [1.807, 2.05) is 0 Å². The molecule has 0 spiro atoms. The van der Waals surface area contributed by atoms with Gasteiger partial charge in [-0.05, 0) is 36.4 Å². The zero-order chi connectivity index (χ0) is 17.7. The number of hydrogen-bond donors (Lipinski definition) is 1. The number of sulfone groups is 1. The molecule has 2 rings (SSSR count). The third kappa shape index (κ3) is 5.04. The Morgan fingerprint density at radius 2 is 1.83 bits per heavy atom. The predicted molar refractivity (Wildman–Crippen MR) is 87.7 cm³/mol. The lowest BCUT2D eigenvalue weighted by Crippen LogP contribution is -2.21. The summed E-state index contributed by atoms with van der Waals surface area (Å²) < 4.78 is 27.5. The van der Waals surface area contributed by atoms with Crippen molar-refractivity contribution >= 4 is 39.0 Å². The molecule has 0 aliphatic carbocycles. The number of nitrogens with zero attached hydrogens (tertiary/aromatic N) is 1. The number of ether oxygens (including phenoxy) is 1. The number of amides is 1. The fourth-order valence-electron chi connectivity index (χ4n) is 1.69. The maximum atomic E-state index is 11.7. The molecular weight excluding hydrogens is 356 g/mol. The van der Waals surface area contributed by atoms with E-state index in [0.717, 1.165) is 6.26 Å². The van der Waals surface area contributed by atoms with Crippen molar-refractivity contribution in [1.82, 2.24) is 4.98 Å². The number of nitrogens with one attached hydrogen (secondary N) is 1. The topological polar surface area (TPSA) is 102 Å². The SMILES string of the molecule is CS(=O)(=O)c1ccc(NC(=O)COC(=O)c2ccc(Cl)nc2)cc1. The summed E-state index contributed by atoms with van der Waals surface area (Å²) in [5, 5.41) is 2.73. The second-order valence-electron chi connectivity index (χ2n) is 4.79. The van der Waals surface area contributed by atoms with Crippen molar-refractivity contribution in [3.8, 4) is 0 Å². The van der Waals surface area contributed by atoms with Gasteiger partial charge in [0, 0.05) is 18.1 Å². The van der Waals surface area contributed by atoms with Gasteiger partial charge in [0.25, 0.3) is 5.91 Å². The van der Waals surface area contributed by atoms with E-state index in [2.05, 4.69) is 10.3 Å². The van der Waals surface area contributed by atoms with Gasteiger partial charge in [-0.2, -0.15) is 0 Å². The van der Waals surface area contributed by atoms with Crippen LogP contribution in [0.1, 0.15) is 10.4 Å². The third-order valence-electron chi connectivity index (χ3n) is 2.86. The second-order valence-corrected chi connectivity index (χ2v) is 7.19. The van der Waals surface area contributed by atoms with E-state index in [1.165, 1.54) is 42.6 Å². The van der Waals surface area contributed by atoms with Crippen molar-refractivity contribution in [3.63, 3.8) is 0 Å². The fourth-order valence-corrected chi connectivity index (χ4v) is 2.44. The average molecular weight is 369 g/mol. The van der Waals surface area contributed by atoms with Crippen molar-refractivity contribution in [2.75, 3.05) is 18.2 Å². The number of pyridine rings is 1. The van der Waals surface area contributed by atoms with Crippen LogP contribution in [0.3, 0.4) is 0 Å². The molecule has 1 amide bonds. The molecule has 9 heteroatoms. The number of anilines is 1. The molecule has 0 aliphatic rings. The van der Waals surface area contributed by atoms with Crippen LogP contribution in [-0.2, 0) is 19.4 Å². The highest BCUT2D eigenvalue weighted by Crippen LogP contribution is 2.14. The van der Waals surface area contributed by atoms with E-state index in [4.69, 9.17) is 16.3 Å². The van der Waals surface area contributed by atoms with Crippen LogP contribution in [0.25, 0.3) is 0 Å². The van der Waals surface area contributed by atoms with Gasteiger partial charge in [0.1, 0.15) is 5.15 Å². The monoisotopic (exact) mass is 368 g/mol. The number of aromatic nitrogens is 1. The predicted octanol–water partition coefficient (Wildman–Crippen LogP) is 1.93. The Kier molecular flexibility index (Phi) is 5.53. The molecule has 0 fully saturated rings. The minimum atomic E-state index is -3.30. The van der Waals surface area contributed by atoms with Crippen molar-refractivity contribution in [2.24, 2.45) is 0 Å². The lowest BCUT2D eigenvalue weighted by atomic mass is 10.3. The van der Waals surface area contributed by atoms with Gasteiger partial charge in [0.15, 0.2) is 16.4 Å². The van der Waals surface area contributed by atoms with E-state index < -0.39 is 28.3 Å². The molecule has 1 aromatic carbocycles. The molecule has 0 atom stereocenters. The Morgan fingerprint density at radius 1 is 1.17 bits per heavy atom. The molecule has 1 N–H and O–H groups in total. The summed E-state index contributed by atoms with van der Waals surface area (Å²) in [5.41, 5.74) is 0.557. The number of esters is 1. The first-order chi connectivity index (χ1) is 11.3. The first kappa shape index (κ1) is 17.9. The number of carbonyl (C=O) groups is 2. The summed E-state index contributed by atoms with van der Waals surface area (Å²) in [6.07, 6.45) is 2.33. The Morgan fingerprint density at radius 3 is 2.38 bits per heavy atom. The quantitative estimate of drug-likeness (QED) is 0.639. The molecule has 2 aromatic rings. The van der Waals surface area contributed by atoms with Gasteiger partial charge in [-0.3, -0.25) is 4.79 Å². The van der Waals surface area contributed by atoms with Crippen LogP contribution in [0.15, 0.2) is 47.5 Å². The van der Waals surface area contributed by atoms with Gasteiger partial charge in [-0.1, -0.05) is 11.6 Å². The fraction of sp³-hybridized carbons (Fsp3) is 0.133. The molecule has 0 radical (unpaired) electrons. The maximum Gasteiger partial charge on any atom is 0.340 e. The highest BCUT2D eigenvalue weighted by atomic mass is 35.5. The van der Waals surface area contributed by atoms with Gasteiger partial charge in [0.05, 0.1) is 10.5 Å². The third-order valence-corrected chi connectivity index (χ3v) is 4.22. The summed E-state index contributed by atoms with van der Waals surface area (Å²) in [6, 6.07) is 8.49. The molecule has 0 unspecified atom stereocenters. The number of halogens is 1. The van der Waals surface area contributed by atoms with Crippen LogP contribution >= 0.6 is 11.6 Å². The van der Waals surface area contributed by atoms with Gasteiger partial charge in [-0.25, -0.2) is 18.2 Å². The van der Waals surface area contributed by atoms with Crippen LogP contribution < -0.4 is 5.32 Å². The highest BCUT2D eigenvalue weighted by Gasteiger charge is 2.11. The van der Waals surface area contributed by atoms with E-state index >= 15 is 0 Å². The highest BCUT2D eigenvalue weighted by molar-refractivity contribution is 7.90. The van der Waals surface area contributed by atoms with Crippen LogP contribution in [0.2, 0.25) is 5.15 Å². The smallest absolute Gasteiger partial charge is 0.340 e. The van der Waals surface area contributed by atoms with Crippen LogP contribution in [0.5, 0.6) is 0 Å². The van der Waals surface area contributed by atoms with Crippen molar-refractivity contribution in [1.29, 1.82) is 0 Å². The number of benzene rings is 1. The van der Waals surface area contributed by atoms with Gasteiger partial charge in [-0.15, -0.1) is 0 Å². The molecule has 24 heavy (non-hydrogen) atoms. The Labute approximate surface area is 143 Å². The van der Waals surface area contributed by atoms with Gasteiger partial charge >= 0.3 is 5.97 Å². The largest absolute Gasteiger partial charge is 0.452 e. The molecule has 1 heterocycles. The minimum Gasteiger partial charge on any atom is -0.452 e. The summed E-state index contributed by atoms with van der Waals surface area (Å²) in [5.74, 6) is -1.26. The molecule has 0 bridgehead atoms. The molecular formula is C15H13ClN2O5S. The first-order valence-corrected chi connectivity index (χ1v) is 8.91. The van der Waals surface area contributed by atoms with E-state index in [-0.39, 0.29) is 15.6 Å². The summed E-state index contributed by atoms with van der Waals surface area (Å²) >= 11 is 5.61. The summed E-state index contributed by atoms with van der Waals surface area (Å²) in [6.45, 7) is -0.491. The Balaban J connectivity index is 1.89. The molecule has 0 aliphatic heterocycles. The second kappa shape index (κ2) is 7.41. The standard InChI is InChI=1S/C15H13ClN2O5S/c1-24(21,22)12-5-3-11(4-6-12)18-14(19)9-23-15(20)10-2-7-13(16)17-8-10/h2-8H,9H2,1H3,(H,18,19). The van der Waals surface area contributed by atoms with E-state index in [9.17, 15) is 18.0 Å². The maximum absolute atomic E-state index is 11.7. The molecule has 126 valence electrons. The minimum absolute atomic E-state index is 0.141. The summed E-state index contributed by atoms with van der Waals surface area (Å²) in [4.78, 5) is 27.3. The molecule has 1 aromatic heterocycles. The first-order valence-electron chi connectivity index (χ1n) is 6.64. The Bertz CT molecular complexity index is 848. The van der Waals surface area contributed by atoms with E-state index in [1.54, 1.807) is 0 Å². The number of carbonyl (C=O) groups excluding carboxylic acids is 2. The van der Waals surface area contributed by atoms with Gasteiger partial charge < -0.3 is 10.1 Å². The van der Waals surface area contributed by atoms with Crippen molar-refractivity contribution in [2.45, 2.75) is 4.90 Å². The number of hydrogen-bond acceptors (Lipinski definition) is 6. The molecule has 0 saturated carbocycles.